The van der Waals surface area contributed by atoms with Gasteiger partial charge in [-0.2, -0.15) is 0 Å². The van der Waals surface area contributed by atoms with Crippen LogP contribution in [0.15, 0.2) is 21.5 Å². The number of carbonyl (C=O) groups excluding carboxylic acids is 1. The molecule has 1 amide bonds. The van der Waals surface area contributed by atoms with Crippen LogP contribution in [0.5, 0.6) is 5.75 Å². The molecule has 0 atom stereocenters. The number of carbonyl (C=O) groups is 1. The highest BCUT2D eigenvalue weighted by Gasteiger charge is 2.37. The summed E-state index contributed by atoms with van der Waals surface area (Å²) in [5.41, 5.74) is 0.598. The molecule has 0 radical (unpaired) electrons. The lowest BCUT2D eigenvalue weighted by Gasteiger charge is -2.27. The lowest BCUT2D eigenvalue weighted by Crippen LogP contribution is -2.36. The van der Waals surface area contributed by atoms with Crippen LogP contribution in [0.2, 0.25) is 0 Å². The predicted octanol–water partition coefficient (Wildman–Crippen LogP) is 4.70. The van der Waals surface area contributed by atoms with Crippen LogP contribution >= 0.6 is 27.7 Å². The highest BCUT2D eigenvalue weighted by molar-refractivity contribution is 9.10. The summed E-state index contributed by atoms with van der Waals surface area (Å²) in [4.78, 5) is 13.6. The van der Waals surface area contributed by atoms with E-state index in [1.54, 1.807) is 11.8 Å². The van der Waals surface area contributed by atoms with Crippen molar-refractivity contribution in [2.45, 2.75) is 38.5 Å². The Bertz CT molecular complexity index is 515. The normalized spacial score (nSPS) is 17.1. The maximum Gasteiger partial charge on any atom is 0.231 e. The van der Waals surface area contributed by atoms with Crippen molar-refractivity contribution in [1.29, 1.82) is 0 Å². The van der Waals surface area contributed by atoms with Crippen molar-refractivity contribution in [3.63, 3.8) is 0 Å². The fourth-order valence-corrected chi connectivity index (χ4v) is 4.21. The van der Waals surface area contributed by atoms with Gasteiger partial charge in [0.2, 0.25) is 5.91 Å². The Morgan fingerprint density at radius 3 is 2.65 bits per heavy atom. The van der Waals surface area contributed by atoms with Gasteiger partial charge in [-0.05, 0) is 47.8 Å². The number of nitrogens with one attached hydrogen (secondary N) is 1. The number of amides is 1. The molecular formula is C15H20BrNO2S. The third-order valence-corrected chi connectivity index (χ3v) is 5.89. The second kappa shape index (κ2) is 6.39. The zero-order valence-electron chi connectivity index (χ0n) is 12.1. The molecule has 0 aromatic heterocycles. The lowest BCUT2D eigenvalue weighted by atomic mass is 9.83. The summed E-state index contributed by atoms with van der Waals surface area (Å²) in [6.45, 7) is 6.76. The number of halogens is 1. The van der Waals surface area contributed by atoms with Gasteiger partial charge in [-0.25, -0.2) is 0 Å². The third kappa shape index (κ3) is 2.84. The highest BCUT2D eigenvalue weighted by Crippen LogP contribution is 2.44. The summed E-state index contributed by atoms with van der Waals surface area (Å²) in [7, 11) is 0. The number of thioether (sulfide) groups is 1. The smallest absolute Gasteiger partial charge is 0.231 e. The molecule has 1 aliphatic rings. The molecule has 0 bridgehead atoms. The molecule has 1 heterocycles. The fourth-order valence-electron chi connectivity index (χ4n) is 2.33. The molecular weight excluding hydrogens is 338 g/mol. The molecule has 3 nitrogen and oxygen atoms in total. The van der Waals surface area contributed by atoms with E-state index >= 15 is 0 Å². The minimum absolute atomic E-state index is 0.129. The molecule has 0 spiro atoms. The van der Waals surface area contributed by atoms with Crippen LogP contribution in [0, 0.1) is 5.41 Å². The van der Waals surface area contributed by atoms with Gasteiger partial charge in [0.15, 0.2) is 0 Å². The maximum atomic E-state index is 12.5. The van der Waals surface area contributed by atoms with Crippen LogP contribution in [-0.4, -0.2) is 18.3 Å². The lowest BCUT2D eigenvalue weighted by molar-refractivity contribution is -0.124. The summed E-state index contributed by atoms with van der Waals surface area (Å²) in [6, 6.07) is 3.95. The second-order valence-electron chi connectivity index (χ2n) is 4.94. The average molecular weight is 358 g/mol. The van der Waals surface area contributed by atoms with Crippen molar-refractivity contribution in [2.75, 3.05) is 17.7 Å². The number of rotatable bonds is 4. The Morgan fingerprint density at radius 2 is 2.05 bits per heavy atom. The van der Waals surface area contributed by atoms with Gasteiger partial charge in [0, 0.05) is 10.6 Å². The van der Waals surface area contributed by atoms with Crippen molar-refractivity contribution < 1.29 is 9.53 Å². The minimum atomic E-state index is -0.276. The molecule has 0 fully saturated rings. The Kier molecular flexibility index (Phi) is 5.02. The van der Waals surface area contributed by atoms with Crippen LogP contribution in [0.25, 0.3) is 0 Å². The van der Waals surface area contributed by atoms with E-state index in [9.17, 15) is 4.79 Å². The number of anilines is 1. The average Bonchev–Trinajstić information content (AvgIpc) is 2.57. The minimum Gasteiger partial charge on any atom is -0.493 e. The van der Waals surface area contributed by atoms with Crippen molar-refractivity contribution >= 4 is 39.3 Å². The first-order valence-electron chi connectivity index (χ1n) is 6.97. The van der Waals surface area contributed by atoms with Crippen molar-refractivity contribution in [2.24, 2.45) is 5.41 Å². The maximum absolute atomic E-state index is 12.5. The van der Waals surface area contributed by atoms with Crippen molar-refractivity contribution in [3.05, 3.63) is 16.6 Å². The van der Waals surface area contributed by atoms with Gasteiger partial charge in [-0.3, -0.25) is 4.79 Å². The summed E-state index contributed by atoms with van der Waals surface area (Å²) in [6.07, 6.45) is 1.71. The Hall–Kier alpha value is -0.680. The van der Waals surface area contributed by atoms with Gasteiger partial charge in [-0.1, -0.05) is 13.8 Å². The molecule has 110 valence electrons. The van der Waals surface area contributed by atoms with E-state index in [0.29, 0.717) is 6.61 Å². The first-order valence-corrected chi connectivity index (χ1v) is 8.74. The monoisotopic (exact) mass is 357 g/mol. The van der Waals surface area contributed by atoms with Crippen LogP contribution in [0.4, 0.5) is 5.69 Å². The van der Waals surface area contributed by atoms with E-state index in [2.05, 4.69) is 35.1 Å². The molecule has 1 aliphatic heterocycles. The fraction of sp³-hybridized carbons (Fsp3) is 0.533. The molecule has 1 aromatic carbocycles. The van der Waals surface area contributed by atoms with E-state index in [-0.39, 0.29) is 11.3 Å². The van der Waals surface area contributed by atoms with Gasteiger partial charge in [0.05, 0.1) is 22.2 Å². The zero-order chi connectivity index (χ0) is 14.8. The largest absolute Gasteiger partial charge is 0.493 e. The summed E-state index contributed by atoms with van der Waals surface area (Å²) in [5, 5.41) is 3.08. The number of hydrogen-bond donors (Lipinski definition) is 1. The standard InChI is InChI=1S/C15H20BrNO2S/c1-4-15(5-2)9-20-13-8-12(19-6-3)10(16)7-11(13)17-14(15)18/h7-8H,4-6,9H2,1-3H3,(H,17,18). The highest BCUT2D eigenvalue weighted by atomic mass is 79.9. The van der Waals surface area contributed by atoms with Gasteiger partial charge in [0.25, 0.3) is 0 Å². The SMILES string of the molecule is CCOc1cc2c(cc1Br)NC(=O)C(CC)(CC)CS2. The molecule has 0 saturated carbocycles. The predicted molar refractivity (Wildman–Crippen MR) is 87.7 cm³/mol. The number of hydrogen-bond acceptors (Lipinski definition) is 3. The molecule has 0 aliphatic carbocycles. The molecule has 20 heavy (non-hydrogen) atoms. The van der Waals surface area contributed by atoms with Gasteiger partial charge in [0.1, 0.15) is 5.75 Å². The Morgan fingerprint density at radius 1 is 1.35 bits per heavy atom. The topological polar surface area (TPSA) is 38.3 Å². The molecule has 5 heteroatoms. The van der Waals surface area contributed by atoms with E-state index in [1.807, 2.05) is 19.1 Å². The van der Waals surface area contributed by atoms with Gasteiger partial charge < -0.3 is 10.1 Å². The van der Waals surface area contributed by atoms with E-state index in [0.717, 1.165) is 39.4 Å². The Balaban J connectivity index is 2.38. The van der Waals surface area contributed by atoms with Gasteiger partial charge >= 0.3 is 0 Å². The van der Waals surface area contributed by atoms with E-state index < -0.39 is 0 Å². The van der Waals surface area contributed by atoms with Crippen LogP contribution < -0.4 is 10.1 Å². The second-order valence-corrected chi connectivity index (χ2v) is 6.81. The van der Waals surface area contributed by atoms with Crippen molar-refractivity contribution in [3.8, 4) is 5.75 Å². The number of benzene rings is 1. The summed E-state index contributed by atoms with van der Waals surface area (Å²) >= 11 is 5.23. The van der Waals surface area contributed by atoms with Crippen LogP contribution in [0.3, 0.4) is 0 Å². The molecule has 0 unspecified atom stereocenters. The quantitative estimate of drug-likeness (QED) is 0.848. The molecule has 1 aromatic rings. The van der Waals surface area contributed by atoms with E-state index in [4.69, 9.17) is 4.74 Å². The summed E-state index contributed by atoms with van der Waals surface area (Å²) < 4.78 is 6.48. The Labute approximate surface area is 133 Å². The first-order chi connectivity index (χ1) is 9.56. The summed E-state index contributed by atoms with van der Waals surface area (Å²) in [5.74, 6) is 1.77. The number of fused-ring (bicyclic) bond motifs is 1. The molecule has 0 saturated heterocycles. The van der Waals surface area contributed by atoms with E-state index in [1.165, 1.54) is 0 Å². The number of ether oxygens (including phenoxy) is 1. The molecule has 2 rings (SSSR count). The molecule has 1 N–H and O–H groups in total. The van der Waals surface area contributed by atoms with Crippen LogP contribution in [-0.2, 0) is 4.79 Å². The van der Waals surface area contributed by atoms with Crippen LogP contribution in [0.1, 0.15) is 33.6 Å². The first kappa shape index (κ1) is 15.7. The van der Waals surface area contributed by atoms with Gasteiger partial charge in [-0.15, -0.1) is 11.8 Å². The zero-order valence-corrected chi connectivity index (χ0v) is 14.5. The third-order valence-electron chi connectivity index (χ3n) is 3.92. The van der Waals surface area contributed by atoms with Crippen molar-refractivity contribution in [1.82, 2.24) is 0 Å².